The fourth-order valence-corrected chi connectivity index (χ4v) is 3.53. The lowest BCUT2D eigenvalue weighted by atomic mass is 9.87. The third-order valence-electron chi connectivity index (χ3n) is 4.75. The Labute approximate surface area is 169 Å². The summed E-state index contributed by atoms with van der Waals surface area (Å²) in [5.74, 6) is -1.07. The first-order chi connectivity index (χ1) is 13.6. The number of fused-ring (bicyclic) bond motifs is 1. The number of benzene rings is 3. The van der Waals surface area contributed by atoms with Crippen molar-refractivity contribution >= 4 is 28.3 Å². The van der Waals surface area contributed by atoms with Gasteiger partial charge in [-0.05, 0) is 52.1 Å². The Balaban J connectivity index is 2.30. The highest BCUT2D eigenvalue weighted by Crippen LogP contribution is 2.40. The molecule has 28 heavy (non-hydrogen) atoms. The predicted octanol–water partition coefficient (Wildman–Crippen LogP) is 5.59. The highest BCUT2D eigenvalue weighted by Gasteiger charge is 2.28. The van der Waals surface area contributed by atoms with Crippen LogP contribution < -0.4 is 0 Å². The highest BCUT2D eigenvalue weighted by molar-refractivity contribution is 6.30. The molecule has 4 nitrogen and oxygen atoms in total. The number of carboxylic acids is 1. The topological polar surface area (TPSA) is 66.8 Å². The summed E-state index contributed by atoms with van der Waals surface area (Å²) in [4.78, 5) is 12.1. The van der Waals surface area contributed by atoms with Gasteiger partial charge in [0.1, 0.15) is 0 Å². The summed E-state index contributed by atoms with van der Waals surface area (Å²) < 4.78 is 5.77. The number of aliphatic carboxylic acids is 1. The lowest BCUT2D eigenvalue weighted by Crippen LogP contribution is -2.19. The van der Waals surface area contributed by atoms with Crippen LogP contribution >= 0.6 is 11.6 Å². The van der Waals surface area contributed by atoms with Crippen molar-refractivity contribution < 1.29 is 19.7 Å². The van der Waals surface area contributed by atoms with Crippen molar-refractivity contribution in [2.45, 2.75) is 32.5 Å². The van der Waals surface area contributed by atoms with E-state index in [0.717, 1.165) is 34.7 Å². The van der Waals surface area contributed by atoms with Crippen LogP contribution in [0.15, 0.2) is 54.6 Å². The van der Waals surface area contributed by atoms with E-state index in [9.17, 15) is 15.0 Å². The monoisotopic (exact) mass is 398 g/mol. The van der Waals surface area contributed by atoms with Crippen molar-refractivity contribution in [3.8, 4) is 11.1 Å². The molecule has 3 rings (SSSR count). The number of ether oxygens (including phenoxy) is 1. The zero-order valence-corrected chi connectivity index (χ0v) is 16.4. The van der Waals surface area contributed by atoms with Gasteiger partial charge >= 0.3 is 5.97 Å². The van der Waals surface area contributed by atoms with E-state index in [4.69, 9.17) is 16.3 Å². The molecule has 0 amide bonds. The molecule has 0 heterocycles. The van der Waals surface area contributed by atoms with Crippen molar-refractivity contribution in [2.75, 3.05) is 6.61 Å². The number of hydrogen-bond donors (Lipinski definition) is 2. The number of carboxylic acid groups (broad SMARTS) is 1. The van der Waals surface area contributed by atoms with Crippen molar-refractivity contribution in [2.24, 2.45) is 0 Å². The van der Waals surface area contributed by atoms with Crippen molar-refractivity contribution in [3.05, 3.63) is 70.7 Å². The van der Waals surface area contributed by atoms with Crippen LogP contribution in [0.5, 0.6) is 0 Å². The molecular weight excluding hydrogens is 376 g/mol. The Morgan fingerprint density at radius 3 is 2.50 bits per heavy atom. The lowest BCUT2D eigenvalue weighted by Gasteiger charge is -2.23. The van der Waals surface area contributed by atoms with E-state index >= 15 is 0 Å². The van der Waals surface area contributed by atoms with Crippen molar-refractivity contribution in [1.29, 1.82) is 0 Å². The lowest BCUT2D eigenvalue weighted by molar-refractivity contribution is -0.151. The Hall–Kier alpha value is -2.40. The standard InChI is InChI=1S/C23H23ClO4/c1-2-3-12-28-22(23(26)27)21-17(14-25)13-16-6-4-5-7-19(16)20(21)15-8-10-18(24)11-9-15/h4-11,13,22,25H,2-3,12,14H2,1H3,(H,26,27). The summed E-state index contributed by atoms with van der Waals surface area (Å²) in [6.07, 6.45) is 0.507. The Morgan fingerprint density at radius 1 is 1.14 bits per heavy atom. The van der Waals surface area contributed by atoms with Gasteiger partial charge in [-0.25, -0.2) is 4.79 Å². The molecule has 0 saturated carbocycles. The highest BCUT2D eigenvalue weighted by atomic mass is 35.5. The first-order valence-electron chi connectivity index (χ1n) is 9.32. The molecule has 0 aliphatic carbocycles. The average molecular weight is 399 g/mol. The van der Waals surface area contributed by atoms with Crippen LogP contribution in [0.2, 0.25) is 5.02 Å². The summed E-state index contributed by atoms with van der Waals surface area (Å²) >= 11 is 6.05. The summed E-state index contributed by atoms with van der Waals surface area (Å²) in [5.41, 5.74) is 2.62. The Morgan fingerprint density at radius 2 is 1.86 bits per heavy atom. The minimum absolute atomic E-state index is 0.276. The molecule has 1 unspecified atom stereocenters. The average Bonchev–Trinajstić information content (AvgIpc) is 2.70. The van der Waals surface area contributed by atoms with Gasteiger partial charge in [0.05, 0.1) is 6.61 Å². The van der Waals surface area contributed by atoms with Crippen LogP contribution in [0, 0.1) is 0 Å². The van der Waals surface area contributed by atoms with E-state index in [2.05, 4.69) is 0 Å². The zero-order chi connectivity index (χ0) is 20.1. The number of hydrogen-bond acceptors (Lipinski definition) is 3. The van der Waals surface area contributed by atoms with E-state index in [0.29, 0.717) is 22.8 Å². The SMILES string of the molecule is CCCCOC(C(=O)O)c1c(CO)cc2ccccc2c1-c1ccc(Cl)cc1. The molecule has 146 valence electrons. The summed E-state index contributed by atoms with van der Waals surface area (Å²) in [6, 6.07) is 16.8. The van der Waals surface area contributed by atoms with E-state index in [1.807, 2.05) is 49.4 Å². The number of aliphatic hydroxyl groups is 1. The van der Waals surface area contributed by atoms with E-state index < -0.39 is 12.1 Å². The maximum absolute atomic E-state index is 12.1. The quantitative estimate of drug-likeness (QED) is 0.485. The van der Waals surface area contributed by atoms with Gasteiger partial charge in [-0.1, -0.05) is 61.3 Å². The number of halogens is 1. The third-order valence-corrected chi connectivity index (χ3v) is 5.00. The van der Waals surface area contributed by atoms with Crippen LogP contribution in [0.25, 0.3) is 21.9 Å². The van der Waals surface area contributed by atoms with Gasteiger partial charge in [-0.15, -0.1) is 0 Å². The summed E-state index contributed by atoms with van der Waals surface area (Å²) in [7, 11) is 0. The maximum Gasteiger partial charge on any atom is 0.337 e. The molecule has 3 aromatic rings. The first-order valence-corrected chi connectivity index (χ1v) is 9.70. The largest absolute Gasteiger partial charge is 0.479 e. The minimum Gasteiger partial charge on any atom is -0.479 e. The number of carbonyl (C=O) groups is 1. The van der Waals surface area contributed by atoms with Crippen molar-refractivity contribution in [1.82, 2.24) is 0 Å². The van der Waals surface area contributed by atoms with Gasteiger partial charge in [0.2, 0.25) is 0 Å². The number of unbranched alkanes of at least 4 members (excludes halogenated alkanes) is 1. The molecule has 0 aromatic heterocycles. The molecule has 0 fully saturated rings. The minimum atomic E-state index is -1.16. The van der Waals surface area contributed by atoms with Crippen LogP contribution in [0.3, 0.4) is 0 Å². The number of rotatable bonds is 8. The smallest absolute Gasteiger partial charge is 0.337 e. The summed E-state index contributed by atoms with van der Waals surface area (Å²) in [5, 5.41) is 22.4. The molecule has 1 atom stereocenters. The van der Waals surface area contributed by atoms with Crippen LogP contribution in [-0.2, 0) is 16.1 Å². The molecule has 5 heteroatoms. The number of aliphatic hydroxyl groups excluding tert-OH is 1. The molecule has 2 N–H and O–H groups in total. The second-order valence-electron chi connectivity index (χ2n) is 6.65. The van der Waals surface area contributed by atoms with Gasteiger partial charge in [-0.3, -0.25) is 0 Å². The van der Waals surface area contributed by atoms with Gasteiger partial charge in [0, 0.05) is 17.2 Å². The Kier molecular flexibility index (Phi) is 6.68. The molecule has 0 bridgehead atoms. The fraction of sp³-hybridized carbons (Fsp3) is 0.261. The van der Waals surface area contributed by atoms with E-state index in [1.165, 1.54) is 0 Å². The molecule has 0 spiro atoms. The zero-order valence-electron chi connectivity index (χ0n) is 15.7. The van der Waals surface area contributed by atoms with Gasteiger partial charge in [0.15, 0.2) is 6.10 Å². The van der Waals surface area contributed by atoms with Gasteiger partial charge in [0.25, 0.3) is 0 Å². The second kappa shape index (κ2) is 9.20. The second-order valence-corrected chi connectivity index (χ2v) is 7.09. The molecule has 3 aromatic carbocycles. The predicted molar refractivity (Wildman–Crippen MR) is 112 cm³/mol. The van der Waals surface area contributed by atoms with Crippen molar-refractivity contribution in [3.63, 3.8) is 0 Å². The van der Waals surface area contributed by atoms with Crippen LogP contribution in [-0.4, -0.2) is 22.8 Å². The molecule has 0 aliphatic heterocycles. The maximum atomic E-state index is 12.1. The molecular formula is C23H23ClO4. The molecule has 0 saturated heterocycles. The van der Waals surface area contributed by atoms with Crippen LogP contribution in [0.1, 0.15) is 37.0 Å². The Bertz CT molecular complexity index is 966. The molecule has 0 radical (unpaired) electrons. The van der Waals surface area contributed by atoms with E-state index in [1.54, 1.807) is 12.1 Å². The third kappa shape index (κ3) is 4.20. The summed E-state index contributed by atoms with van der Waals surface area (Å²) in [6.45, 7) is 2.08. The van der Waals surface area contributed by atoms with Gasteiger partial charge < -0.3 is 14.9 Å². The van der Waals surface area contributed by atoms with Crippen LogP contribution in [0.4, 0.5) is 0 Å². The first kappa shape index (κ1) is 20.3. The molecule has 0 aliphatic rings. The fourth-order valence-electron chi connectivity index (χ4n) is 3.40. The van der Waals surface area contributed by atoms with Gasteiger partial charge in [-0.2, -0.15) is 0 Å². The van der Waals surface area contributed by atoms with E-state index in [-0.39, 0.29) is 6.61 Å². The normalized spacial score (nSPS) is 12.2.